The van der Waals surface area contributed by atoms with E-state index in [-0.39, 0.29) is 23.8 Å². The number of ketones is 1. The number of fused-ring (bicyclic) bond motifs is 1. The maximum Gasteiger partial charge on any atom is 0.282 e. The Hall–Kier alpha value is -2.97. The SMILES string of the molecule is COc1ccc2c(c1)OC1(CCN(C(=O)[C@@H](C)n3nc(C(F)F)cc3C)CC1)CC2=O. The fourth-order valence-electron chi connectivity index (χ4n) is 4.39. The van der Waals surface area contributed by atoms with Crippen molar-refractivity contribution in [2.45, 2.75) is 51.2 Å². The lowest BCUT2D eigenvalue weighted by Gasteiger charge is -2.44. The highest BCUT2D eigenvalue weighted by Gasteiger charge is 2.44. The number of likely N-dealkylation sites (tertiary alicyclic amines) is 1. The van der Waals surface area contributed by atoms with Crippen molar-refractivity contribution in [2.24, 2.45) is 0 Å². The molecule has 1 spiro atoms. The second-order valence-electron chi connectivity index (χ2n) is 8.20. The third-order valence-corrected chi connectivity index (χ3v) is 6.17. The smallest absolute Gasteiger partial charge is 0.282 e. The van der Waals surface area contributed by atoms with Crippen LogP contribution in [0.1, 0.15) is 60.4 Å². The molecule has 2 aromatic rings. The number of methoxy groups -OCH3 is 1. The van der Waals surface area contributed by atoms with Crippen molar-refractivity contribution in [1.82, 2.24) is 14.7 Å². The van der Waals surface area contributed by atoms with E-state index < -0.39 is 18.1 Å². The normalized spacial score (nSPS) is 18.6. The quantitative estimate of drug-likeness (QED) is 0.735. The lowest BCUT2D eigenvalue weighted by Crippen LogP contribution is -2.53. The number of amides is 1. The van der Waals surface area contributed by atoms with Crippen molar-refractivity contribution in [3.05, 3.63) is 41.2 Å². The number of Topliss-reactive ketones (excluding diaryl/α,β-unsaturated/α-hetero) is 1. The van der Waals surface area contributed by atoms with Gasteiger partial charge in [0.15, 0.2) is 5.78 Å². The van der Waals surface area contributed by atoms with Gasteiger partial charge in [-0.15, -0.1) is 0 Å². The molecule has 4 rings (SSSR count). The van der Waals surface area contributed by atoms with Crippen LogP contribution in [-0.4, -0.2) is 52.2 Å². The Bertz CT molecular complexity index is 1010. The Balaban J connectivity index is 1.46. The number of piperidine rings is 1. The van der Waals surface area contributed by atoms with Crippen LogP contribution < -0.4 is 9.47 Å². The number of hydrogen-bond donors (Lipinski definition) is 0. The molecule has 2 aliphatic rings. The van der Waals surface area contributed by atoms with Crippen LogP contribution in [0.15, 0.2) is 24.3 Å². The van der Waals surface area contributed by atoms with Crippen LogP contribution in [0, 0.1) is 6.92 Å². The summed E-state index contributed by atoms with van der Waals surface area (Å²) in [6.45, 7) is 4.14. The van der Waals surface area contributed by atoms with E-state index in [0.717, 1.165) is 0 Å². The van der Waals surface area contributed by atoms with Crippen molar-refractivity contribution in [3.8, 4) is 11.5 Å². The molecule has 1 atom stereocenters. The molecule has 0 N–H and O–H groups in total. The largest absolute Gasteiger partial charge is 0.497 e. The molecule has 1 saturated heterocycles. The molecule has 3 heterocycles. The summed E-state index contributed by atoms with van der Waals surface area (Å²) in [5, 5.41) is 3.90. The van der Waals surface area contributed by atoms with Gasteiger partial charge in [0.25, 0.3) is 6.43 Å². The van der Waals surface area contributed by atoms with E-state index in [1.807, 2.05) is 0 Å². The standard InChI is InChI=1S/C22H25F2N3O4/c1-13-10-17(20(23)24)25-27(13)14(2)21(29)26-8-6-22(7-9-26)12-18(28)16-5-4-15(30-3)11-19(16)31-22/h4-5,10-11,14,20H,6-9,12H2,1-3H3/t14-/m1/s1. The molecule has 0 bridgehead atoms. The Morgan fingerprint density at radius 3 is 2.58 bits per heavy atom. The number of ether oxygens (including phenoxy) is 2. The van der Waals surface area contributed by atoms with Crippen molar-refractivity contribution in [2.75, 3.05) is 20.2 Å². The van der Waals surface area contributed by atoms with Gasteiger partial charge in [0.05, 0.1) is 19.1 Å². The molecule has 1 fully saturated rings. The van der Waals surface area contributed by atoms with Gasteiger partial charge in [0, 0.05) is 37.7 Å². The van der Waals surface area contributed by atoms with Gasteiger partial charge < -0.3 is 14.4 Å². The molecule has 7 nitrogen and oxygen atoms in total. The van der Waals surface area contributed by atoms with Crippen LogP contribution in [-0.2, 0) is 4.79 Å². The first-order valence-electron chi connectivity index (χ1n) is 10.3. The lowest BCUT2D eigenvalue weighted by molar-refractivity contribution is -0.138. The minimum absolute atomic E-state index is 0.0174. The van der Waals surface area contributed by atoms with E-state index in [2.05, 4.69) is 5.10 Å². The third kappa shape index (κ3) is 3.88. The molecule has 1 aromatic carbocycles. The maximum atomic E-state index is 13.0. The maximum absolute atomic E-state index is 13.0. The molecule has 9 heteroatoms. The second kappa shape index (κ2) is 7.94. The molecule has 0 aliphatic carbocycles. The number of hydrogen-bond acceptors (Lipinski definition) is 5. The molecular formula is C22H25F2N3O4. The number of carbonyl (C=O) groups is 2. The first-order chi connectivity index (χ1) is 14.7. The molecule has 31 heavy (non-hydrogen) atoms. The van der Waals surface area contributed by atoms with Gasteiger partial charge in [-0.3, -0.25) is 14.3 Å². The summed E-state index contributed by atoms with van der Waals surface area (Å²) in [6, 6.07) is 5.77. The van der Waals surface area contributed by atoms with Gasteiger partial charge in [0.2, 0.25) is 5.91 Å². The summed E-state index contributed by atoms with van der Waals surface area (Å²) in [4.78, 5) is 27.4. The highest BCUT2D eigenvalue weighted by Crippen LogP contribution is 2.41. The monoisotopic (exact) mass is 433 g/mol. The lowest BCUT2D eigenvalue weighted by atomic mass is 9.82. The van der Waals surface area contributed by atoms with Gasteiger partial charge in [-0.2, -0.15) is 5.10 Å². The zero-order valence-corrected chi connectivity index (χ0v) is 17.7. The molecule has 0 saturated carbocycles. The van der Waals surface area contributed by atoms with E-state index in [1.165, 1.54) is 10.7 Å². The van der Waals surface area contributed by atoms with Crippen LogP contribution in [0.4, 0.5) is 8.78 Å². The third-order valence-electron chi connectivity index (χ3n) is 6.17. The van der Waals surface area contributed by atoms with Crippen LogP contribution in [0.25, 0.3) is 0 Å². The second-order valence-corrected chi connectivity index (χ2v) is 8.20. The Morgan fingerprint density at radius 1 is 1.26 bits per heavy atom. The molecule has 166 valence electrons. The zero-order valence-electron chi connectivity index (χ0n) is 17.7. The first kappa shape index (κ1) is 21.3. The average Bonchev–Trinajstić information content (AvgIpc) is 3.14. The summed E-state index contributed by atoms with van der Waals surface area (Å²) in [7, 11) is 1.55. The molecule has 1 amide bonds. The molecular weight excluding hydrogens is 408 g/mol. The van der Waals surface area contributed by atoms with Crippen LogP contribution in [0.2, 0.25) is 0 Å². The highest BCUT2D eigenvalue weighted by molar-refractivity contribution is 6.00. The zero-order chi connectivity index (χ0) is 22.3. The average molecular weight is 433 g/mol. The van der Waals surface area contributed by atoms with E-state index in [1.54, 1.807) is 44.1 Å². The predicted octanol–water partition coefficient (Wildman–Crippen LogP) is 3.73. The predicted molar refractivity (Wildman–Crippen MR) is 108 cm³/mol. The minimum Gasteiger partial charge on any atom is -0.497 e. The van der Waals surface area contributed by atoms with E-state index in [9.17, 15) is 18.4 Å². The summed E-state index contributed by atoms with van der Waals surface area (Å²) in [5.74, 6) is 0.952. The molecule has 2 aliphatic heterocycles. The van der Waals surface area contributed by atoms with Crippen LogP contribution >= 0.6 is 0 Å². The molecule has 0 unspecified atom stereocenters. The summed E-state index contributed by atoms with van der Waals surface area (Å²) < 4.78 is 38.7. The van der Waals surface area contributed by atoms with Gasteiger partial charge in [-0.05, 0) is 32.0 Å². The van der Waals surface area contributed by atoms with E-state index >= 15 is 0 Å². The summed E-state index contributed by atoms with van der Waals surface area (Å²) in [6.07, 6.45) is -1.40. The Morgan fingerprint density at radius 2 is 1.97 bits per heavy atom. The molecule has 0 radical (unpaired) electrons. The number of carbonyl (C=O) groups excluding carboxylic acids is 2. The van der Waals surface area contributed by atoms with Crippen molar-refractivity contribution in [1.29, 1.82) is 0 Å². The number of halogens is 2. The van der Waals surface area contributed by atoms with E-state index in [4.69, 9.17) is 9.47 Å². The highest BCUT2D eigenvalue weighted by atomic mass is 19.3. The van der Waals surface area contributed by atoms with E-state index in [0.29, 0.717) is 48.7 Å². The Kier molecular flexibility index (Phi) is 5.45. The topological polar surface area (TPSA) is 73.7 Å². The van der Waals surface area contributed by atoms with Crippen molar-refractivity contribution >= 4 is 11.7 Å². The van der Waals surface area contributed by atoms with Gasteiger partial charge >= 0.3 is 0 Å². The molecule has 1 aromatic heterocycles. The number of nitrogens with zero attached hydrogens (tertiary/aromatic N) is 3. The number of benzene rings is 1. The van der Waals surface area contributed by atoms with Crippen LogP contribution in [0.5, 0.6) is 11.5 Å². The fourth-order valence-corrected chi connectivity index (χ4v) is 4.39. The fraction of sp³-hybridized carbons (Fsp3) is 0.500. The number of rotatable bonds is 4. The minimum atomic E-state index is -2.68. The van der Waals surface area contributed by atoms with Crippen molar-refractivity contribution in [3.63, 3.8) is 0 Å². The number of alkyl halides is 2. The number of aromatic nitrogens is 2. The Labute approximate surface area is 178 Å². The van der Waals surface area contributed by atoms with Crippen molar-refractivity contribution < 1.29 is 27.8 Å². The van der Waals surface area contributed by atoms with Gasteiger partial charge in [-0.1, -0.05) is 0 Å². The van der Waals surface area contributed by atoms with Crippen LogP contribution in [0.3, 0.4) is 0 Å². The summed E-state index contributed by atoms with van der Waals surface area (Å²) >= 11 is 0. The number of aryl methyl sites for hydroxylation is 1. The first-order valence-corrected chi connectivity index (χ1v) is 10.3. The van der Waals surface area contributed by atoms with Gasteiger partial charge in [-0.25, -0.2) is 8.78 Å². The van der Waals surface area contributed by atoms with Gasteiger partial charge in [0.1, 0.15) is 28.8 Å². The summed E-state index contributed by atoms with van der Waals surface area (Å²) in [5.41, 5.74) is 0.0675.